The number of amides is 1. The van der Waals surface area contributed by atoms with Crippen molar-refractivity contribution in [1.29, 1.82) is 0 Å². The number of ether oxygens (including phenoxy) is 2. The predicted molar refractivity (Wildman–Crippen MR) is 97.8 cm³/mol. The molecule has 0 radical (unpaired) electrons. The highest BCUT2D eigenvalue weighted by molar-refractivity contribution is 14.0. The van der Waals surface area contributed by atoms with E-state index in [1.165, 1.54) is 0 Å². The molecule has 1 aliphatic heterocycles. The predicted octanol–water partition coefficient (Wildman–Crippen LogP) is 0.301. The molecular formula is C14H29IN4O3. The Bertz CT molecular complexity index is 342. The van der Waals surface area contributed by atoms with Crippen molar-refractivity contribution < 1.29 is 14.3 Å². The van der Waals surface area contributed by atoms with Gasteiger partial charge in [0, 0.05) is 46.3 Å². The molecule has 1 unspecified atom stereocenters. The van der Waals surface area contributed by atoms with Crippen LogP contribution in [-0.2, 0) is 14.3 Å². The molecule has 22 heavy (non-hydrogen) atoms. The van der Waals surface area contributed by atoms with Crippen molar-refractivity contribution in [2.24, 2.45) is 10.9 Å². The van der Waals surface area contributed by atoms with E-state index in [0.717, 1.165) is 38.6 Å². The van der Waals surface area contributed by atoms with Crippen molar-refractivity contribution in [2.45, 2.75) is 13.3 Å². The smallest absolute Gasteiger partial charge is 0.241 e. The Hall–Kier alpha value is -0.610. The summed E-state index contributed by atoms with van der Waals surface area (Å²) in [7, 11) is 3.34. The molecular weight excluding hydrogens is 399 g/mol. The largest absolute Gasteiger partial charge is 0.384 e. The first-order chi connectivity index (χ1) is 10.2. The van der Waals surface area contributed by atoms with E-state index in [1.807, 2.05) is 6.92 Å². The summed E-state index contributed by atoms with van der Waals surface area (Å²) in [6.45, 7) is 6.62. The standard InChI is InChI=1S/C14H28N4O3.HI/c1-4-15-14(17-9-13(19)16-6-8-20-2)18-7-5-12(10-18)11-21-3;/h12H,4-11H2,1-3H3,(H,15,17)(H,16,19);1H. The van der Waals surface area contributed by atoms with Crippen LogP contribution in [0.15, 0.2) is 4.99 Å². The van der Waals surface area contributed by atoms with Crippen molar-refractivity contribution in [2.75, 3.05) is 60.2 Å². The fourth-order valence-corrected chi connectivity index (χ4v) is 2.32. The van der Waals surface area contributed by atoms with Crippen molar-refractivity contribution in [1.82, 2.24) is 15.5 Å². The lowest BCUT2D eigenvalue weighted by Gasteiger charge is -2.21. The second-order valence-corrected chi connectivity index (χ2v) is 5.07. The first-order valence-corrected chi connectivity index (χ1v) is 7.49. The van der Waals surface area contributed by atoms with Gasteiger partial charge in [-0.15, -0.1) is 24.0 Å². The molecule has 1 amide bonds. The Morgan fingerprint density at radius 2 is 2.09 bits per heavy atom. The second kappa shape index (κ2) is 12.9. The summed E-state index contributed by atoms with van der Waals surface area (Å²) < 4.78 is 10.1. The zero-order valence-corrected chi connectivity index (χ0v) is 16.1. The first kappa shape index (κ1) is 21.4. The number of nitrogens with zero attached hydrogens (tertiary/aromatic N) is 2. The minimum Gasteiger partial charge on any atom is -0.384 e. The number of hydrogen-bond acceptors (Lipinski definition) is 4. The Morgan fingerprint density at radius 1 is 1.32 bits per heavy atom. The summed E-state index contributed by atoms with van der Waals surface area (Å²) in [5.74, 6) is 1.25. The quantitative estimate of drug-likeness (QED) is 0.252. The van der Waals surface area contributed by atoms with E-state index in [-0.39, 0.29) is 36.4 Å². The summed E-state index contributed by atoms with van der Waals surface area (Å²) in [6, 6.07) is 0. The van der Waals surface area contributed by atoms with Crippen LogP contribution in [-0.4, -0.2) is 76.9 Å². The molecule has 1 fully saturated rings. The lowest BCUT2D eigenvalue weighted by Crippen LogP contribution is -2.41. The minimum atomic E-state index is -0.0879. The number of halogens is 1. The van der Waals surface area contributed by atoms with Gasteiger partial charge in [0.25, 0.3) is 0 Å². The Labute approximate surface area is 150 Å². The molecule has 0 aromatic carbocycles. The van der Waals surface area contributed by atoms with Crippen LogP contribution in [0.4, 0.5) is 0 Å². The number of guanidine groups is 1. The Kier molecular flexibility index (Phi) is 12.5. The molecule has 1 aliphatic rings. The van der Waals surface area contributed by atoms with Gasteiger partial charge in [-0.05, 0) is 13.3 Å². The summed E-state index contributed by atoms with van der Waals surface area (Å²) in [5.41, 5.74) is 0. The maximum absolute atomic E-state index is 11.7. The third-order valence-corrected chi connectivity index (χ3v) is 3.32. The number of rotatable bonds is 8. The molecule has 1 heterocycles. The van der Waals surface area contributed by atoms with Crippen LogP contribution >= 0.6 is 24.0 Å². The molecule has 0 aliphatic carbocycles. The molecule has 0 aromatic heterocycles. The average Bonchev–Trinajstić information content (AvgIpc) is 2.92. The van der Waals surface area contributed by atoms with E-state index in [9.17, 15) is 4.79 Å². The minimum absolute atomic E-state index is 0. The molecule has 1 rings (SSSR count). The van der Waals surface area contributed by atoms with Crippen LogP contribution in [0.3, 0.4) is 0 Å². The highest BCUT2D eigenvalue weighted by Gasteiger charge is 2.24. The van der Waals surface area contributed by atoms with Gasteiger partial charge < -0.3 is 25.0 Å². The molecule has 0 aromatic rings. The molecule has 0 saturated carbocycles. The zero-order chi connectivity index (χ0) is 15.5. The van der Waals surface area contributed by atoms with Crippen LogP contribution in [0.2, 0.25) is 0 Å². The normalized spacial score (nSPS) is 18.0. The van der Waals surface area contributed by atoms with Gasteiger partial charge in [0.2, 0.25) is 5.91 Å². The van der Waals surface area contributed by atoms with E-state index in [0.29, 0.717) is 19.1 Å². The molecule has 0 spiro atoms. The lowest BCUT2D eigenvalue weighted by molar-refractivity contribution is -0.119. The molecule has 2 N–H and O–H groups in total. The van der Waals surface area contributed by atoms with Crippen LogP contribution < -0.4 is 10.6 Å². The van der Waals surface area contributed by atoms with Gasteiger partial charge in [0.05, 0.1) is 13.2 Å². The molecule has 8 heteroatoms. The maximum Gasteiger partial charge on any atom is 0.241 e. The van der Waals surface area contributed by atoms with Gasteiger partial charge >= 0.3 is 0 Å². The third-order valence-electron chi connectivity index (χ3n) is 3.32. The van der Waals surface area contributed by atoms with Crippen LogP contribution in [0.25, 0.3) is 0 Å². The average molecular weight is 428 g/mol. The van der Waals surface area contributed by atoms with Crippen molar-refractivity contribution in [3.8, 4) is 0 Å². The number of methoxy groups -OCH3 is 2. The molecule has 1 saturated heterocycles. The fraction of sp³-hybridized carbons (Fsp3) is 0.857. The Balaban J connectivity index is 0.00000441. The van der Waals surface area contributed by atoms with Gasteiger partial charge in [0.1, 0.15) is 6.54 Å². The van der Waals surface area contributed by atoms with E-state index >= 15 is 0 Å². The summed E-state index contributed by atoms with van der Waals surface area (Å²) in [5, 5.41) is 6.00. The number of nitrogens with one attached hydrogen (secondary N) is 2. The topological polar surface area (TPSA) is 75.2 Å². The third kappa shape index (κ3) is 8.14. The molecule has 0 bridgehead atoms. The molecule has 1 atom stereocenters. The van der Waals surface area contributed by atoms with Gasteiger partial charge in [-0.25, -0.2) is 4.99 Å². The number of hydrogen-bond donors (Lipinski definition) is 2. The van der Waals surface area contributed by atoms with Crippen molar-refractivity contribution >= 4 is 35.8 Å². The van der Waals surface area contributed by atoms with E-state index in [1.54, 1.807) is 14.2 Å². The zero-order valence-electron chi connectivity index (χ0n) is 13.8. The monoisotopic (exact) mass is 428 g/mol. The lowest BCUT2D eigenvalue weighted by atomic mass is 10.1. The van der Waals surface area contributed by atoms with Crippen molar-refractivity contribution in [3.63, 3.8) is 0 Å². The summed E-state index contributed by atoms with van der Waals surface area (Å²) >= 11 is 0. The van der Waals surface area contributed by atoms with Gasteiger partial charge in [-0.1, -0.05) is 0 Å². The van der Waals surface area contributed by atoms with Crippen LogP contribution in [0, 0.1) is 5.92 Å². The maximum atomic E-state index is 11.7. The SMILES string of the molecule is CCNC(=NCC(=O)NCCOC)N1CCC(COC)C1.I. The number of carbonyl (C=O) groups is 1. The second-order valence-electron chi connectivity index (χ2n) is 5.07. The molecule has 7 nitrogen and oxygen atoms in total. The summed E-state index contributed by atoms with van der Waals surface area (Å²) in [6.07, 6.45) is 1.10. The van der Waals surface area contributed by atoms with Crippen molar-refractivity contribution in [3.05, 3.63) is 0 Å². The van der Waals surface area contributed by atoms with Crippen LogP contribution in [0.1, 0.15) is 13.3 Å². The highest BCUT2D eigenvalue weighted by atomic mass is 127. The summed E-state index contributed by atoms with van der Waals surface area (Å²) in [4.78, 5) is 18.3. The van der Waals surface area contributed by atoms with Gasteiger partial charge in [0.15, 0.2) is 5.96 Å². The highest BCUT2D eigenvalue weighted by Crippen LogP contribution is 2.16. The Morgan fingerprint density at radius 3 is 2.73 bits per heavy atom. The number of likely N-dealkylation sites (tertiary alicyclic amines) is 1. The first-order valence-electron chi connectivity index (χ1n) is 7.49. The van der Waals surface area contributed by atoms with E-state index in [4.69, 9.17) is 9.47 Å². The van der Waals surface area contributed by atoms with Gasteiger partial charge in [-0.2, -0.15) is 0 Å². The number of carbonyl (C=O) groups excluding carboxylic acids is 1. The van der Waals surface area contributed by atoms with E-state index in [2.05, 4.69) is 20.5 Å². The molecule has 130 valence electrons. The van der Waals surface area contributed by atoms with Gasteiger partial charge in [-0.3, -0.25) is 4.79 Å². The van der Waals surface area contributed by atoms with E-state index < -0.39 is 0 Å². The van der Waals surface area contributed by atoms with Crippen LogP contribution in [0.5, 0.6) is 0 Å². The fourth-order valence-electron chi connectivity index (χ4n) is 2.32. The number of aliphatic imine (C=N–C) groups is 1.